The summed E-state index contributed by atoms with van der Waals surface area (Å²) in [7, 11) is 1.84. The van der Waals surface area contributed by atoms with Crippen LogP contribution in [0.3, 0.4) is 0 Å². The topological polar surface area (TPSA) is 79.3 Å². The van der Waals surface area contributed by atoms with Gasteiger partial charge in [0.2, 0.25) is 11.8 Å². The average molecular weight is 645 g/mol. The van der Waals surface area contributed by atoms with E-state index in [1.165, 1.54) is 12.1 Å². The highest BCUT2D eigenvalue weighted by molar-refractivity contribution is 6.03. The van der Waals surface area contributed by atoms with Gasteiger partial charge in [-0.2, -0.15) is 0 Å². The largest absolute Gasteiger partial charge is 0.388 e. The van der Waals surface area contributed by atoms with Crippen molar-refractivity contribution < 1.29 is 28.6 Å². The summed E-state index contributed by atoms with van der Waals surface area (Å²) in [5.41, 5.74) is 4.43. The van der Waals surface area contributed by atoms with Crippen LogP contribution in [0.4, 0.5) is 10.1 Å². The zero-order chi connectivity index (χ0) is 33.8. The maximum absolute atomic E-state index is 13.5. The van der Waals surface area contributed by atoms with Crippen LogP contribution in [0, 0.1) is 24.1 Å². The first-order valence-corrected chi connectivity index (χ1v) is 16.8. The number of likely N-dealkylation sites (N-methyl/N-ethyl adjacent to an activating group) is 1. The molecule has 2 aliphatic heterocycles. The third-order valence-electron chi connectivity index (χ3n) is 10.1. The van der Waals surface area contributed by atoms with Gasteiger partial charge in [0.1, 0.15) is 18.0 Å². The molecule has 3 aromatic carbocycles. The lowest BCUT2D eigenvalue weighted by atomic mass is 9.76. The molecule has 5 rings (SSSR count). The molecule has 8 heteroatoms. The van der Waals surface area contributed by atoms with E-state index in [1.807, 2.05) is 42.3 Å². The lowest BCUT2D eigenvalue weighted by Gasteiger charge is -2.48. The van der Waals surface area contributed by atoms with Crippen molar-refractivity contribution in [1.82, 2.24) is 4.90 Å². The number of rotatable bonds is 15. The molecule has 252 valence electrons. The third-order valence-corrected chi connectivity index (χ3v) is 10.1. The molecular formula is C39H49FN2O5. The quantitative estimate of drug-likeness (QED) is 0.181. The number of β-lactam (4-membered cyclic amide) rings is 1. The number of aliphatic hydroxyl groups is 1. The van der Waals surface area contributed by atoms with Gasteiger partial charge in [0.15, 0.2) is 0 Å². The minimum Gasteiger partial charge on any atom is -0.388 e. The van der Waals surface area contributed by atoms with Crippen molar-refractivity contribution in [2.75, 3.05) is 38.3 Å². The Labute approximate surface area is 278 Å². The van der Waals surface area contributed by atoms with Gasteiger partial charge in [0.25, 0.3) is 0 Å². The zero-order valence-corrected chi connectivity index (χ0v) is 28.4. The molecule has 2 fully saturated rings. The summed E-state index contributed by atoms with van der Waals surface area (Å²) in [6, 6.07) is 21.8. The Kier molecular flexibility index (Phi) is 10.8. The molecular weight excluding hydrogens is 595 g/mol. The van der Waals surface area contributed by atoms with E-state index in [0.29, 0.717) is 38.2 Å². The van der Waals surface area contributed by atoms with E-state index in [2.05, 4.69) is 45.9 Å². The third kappa shape index (κ3) is 8.11. The van der Waals surface area contributed by atoms with E-state index in [9.17, 15) is 19.1 Å². The molecule has 0 aliphatic carbocycles. The second-order valence-corrected chi connectivity index (χ2v) is 14.2. The van der Waals surface area contributed by atoms with Gasteiger partial charge in [-0.25, -0.2) is 4.39 Å². The van der Waals surface area contributed by atoms with Gasteiger partial charge in [-0.15, -0.1) is 0 Å². The Morgan fingerprint density at radius 3 is 2.45 bits per heavy atom. The molecule has 7 nitrogen and oxygen atoms in total. The van der Waals surface area contributed by atoms with Gasteiger partial charge in [0, 0.05) is 19.3 Å². The van der Waals surface area contributed by atoms with E-state index in [4.69, 9.17) is 9.47 Å². The van der Waals surface area contributed by atoms with Crippen LogP contribution < -0.4 is 4.90 Å². The number of hydrogen-bond acceptors (Lipinski definition) is 5. The highest BCUT2D eigenvalue weighted by atomic mass is 19.1. The van der Waals surface area contributed by atoms with Crippen LogP contribution >= 0.6 is 0 Å². The summed E-state index contributed by atoms with van der Waals surface area (Å²) >= 11 is 0. The minimum absolute atomic E-state index is 0.0178. The molecule has 0 radical (unpaired) electrons. The van der Waals surface area contributed by atoms with Crippen molar-refractivity contribution in [3.8, 4) is 0 Å². The number of amides is 2. The molecule has 1 N–H and O–H groups in total. The van der Waals surface area contributed by atoms with Crippen LogP contribution in [-0.2, 0) is 25.5 Å². The number of benzene rings is 3. The average Bonchev–Trinajstić information content (AvgIpc) is 3.03. The molecule has 3 aromatic rings. The predicted octanol–water partition coefficient (Wildman–Crippen LogP) is 6.96. The van der Waals surface area contributed by atoms with Crippen molar-refractivity contribution in [1.29, 1.82) is 0 Å². The molecule has 2 aliphatic rings. The van der Waals surface area contributed by atoms with Crippen LogP contribution in [0.25, 0.3) is 0 Å². The summed E-state index contributed by atoms with van der Waals surface area (Å²) in [6.07, 6.45) is 2.64. The first kappa shape index (κ1) is 34.7. The number of carbonyl (C=O) groups is 2. The highest BCUT2D eigenvalue weighted by Gasteiger charge is 2.49. The lowest BCUT2D eigenvalue weighted by Crippen LogP contribution is -2.55. The Morgan fingerprint density at radius 2 is 1.83 bits per heavy atom. The molecule has 2 amide bonds. The van der Waals surface area contributed by atoms with E-state index in [1.54, 1.807) is 17.0 Å². The SMILES string of the molecule is CCC(C)(C)CN(C)C(=O)COC1(CCc2ccc(C3C(CCC(O)c4ccc(F)cc4)C(=O)N3c3ccccc3)c(C)c2)COC1. The highest BCUT2D eigenvalue weighted by Crippen LogP contribution is 2.47. The minimum atomic E-state index is -0.776. The molecule has 0 aromatic heterocycles. The fourth-order valence-electron chi connectivity index (χ4n) is 6.65. The Hall–Kier alpha value is -3.59. The van der Waals surface area contributed by atoms with E-state index in [0.717, 1.165) is 41.6 Å². The van der Waals surface area contributed by atoms with Crippen molar-refractivity contribution >= 4 is 17.5 Å². The van der Waals surface area contributed by atoms with Crippen molar-refractivity contribution in [3.05, 3.63) is 101 Å². The molecule has 0 bridgehead atoms. The molecule has 47 heavy (non-hydrogen) atoms. The zero-order valence-electron chi connectivity index (χ0n) is 28.4. The maximum atomic E-state index is 13.5. The first-order valence-electron chi connectivity index (χ1n) is 16.8. The molecule has 2 saturated heterocycles. The Balaban J connectivity index is 1.25. The van der Waals surface area contributed by atoms with E-state index < -0.39 is 11.7 Å². The van der Waals surface area contributed by atoms with Crippen LogP contribution in [0.1, 0.15) is 80.9 Å². The molecule has 3 unspecified atom stereocenters. The van der Waals surface area contributed by atoms with Gasteiger partial charge in [-0.05, 0) is 91.0 Å². The van der Waals surface area contributed by atoms with Gasteiger partial charge in [-0.1, -0.05) is 69.3 Å². The second kappa shape index (κ2) is 14.7. The summed E-state index contributed by atoms with van der Waals surface area (Å²) in [5, 5.41) is 10.8. The number of halogens is 1. The van der Waals surface area contributed by atoms with Crippen LogP contribution in [-0.4, -0.2) is 60.8 Å². The maximum Gasteiger partial charge on any atom is 0.248 e. The standard InChI is InChI=1S/C39H49FN2O5/c1-6-38(3,4)24-41(5)35(44)23-47-39(25-46-26-39)21-20-28-12-17-32(27(2)22-28)36-33(37(45)42(36)31-10-8-7-9-11-31)18-19-34(43)29-13-15-30(40)16-14-29/h7-17,22,33-34,36,43H,6,18-21,23-26H2,1-5H3. The molecule has 0 spiro atoms. The fraction of sp³-hybridized carbons (Fsp3) is 0.487. The predicted molar refractivity (Wildman–Crippen MR) is 181 cm³/mol. The number of aliphatic hydroxyl groups excluding tert-OH is 1. The fourth-order valence-corrected chi connectivity index (χ4v) is 6.65. The molecule has 2 heterocycles. The van der Waals surface area contributed by atoms with E-state index >= 15 is 0 Å². The van der Waals surface area contributed by atoms with Crippen LogP contribution in [0.5, 0.6) is 0 Å². The normalized spacial score (nSPS) is 19.6. The summed E-state index contributed by atoms with van der Waals surface area (Å²) in [6.45, 7) is 10.2. The first-order chi connectivity index (χ1) is 22.4. The van der Waals surface area contributed by atoms with Crippen molar-refractivity contribution in [3.63, 3.8) is 0 Å². The Bertz CT molecular complexity index is 1520. The van der Waals surface area contributed by atoms with Crippen LogP contribution in [0.2, 0.25) is 0 Å². The van der Waals surface area contributed by atoms with E-state index in [-0.39, 0.29) is 41.6 Å². The smallest absolute Gasteiger partial charge is 0.248 e. The van der Waals surface area contributed by atoms with Gasteiger partial charge < -0.3 is 24.4 Å². The van der Waals surface area contributed by atoms with Crippen molar-refractivity contribution in [2.45, 2.75) is 77.5 Å². The number of ether oxygens (including phenoxy) is 2. The molecule has 3 atom stereocenters. The number of hydrogen-bond donors (Lipinski definition) is 1. The number of para-hydroxylation sites is 1. The summed E-state index contributed by atoms with van der Waals surface area (Å²) in [5.74, 6) is -0.604. The number of anilines is 1. The number of aryl methyl sites for hydroxylation is 2. The monoisotopic (exact) mass is 644 g/mol. The number of carbonyl (C=O) groups excluding carboxylic acids is 2. The van der Waals surface area contributed by atoms with Gasteiger partial charge in [0.05, 0.1) is 31.3 Å². The van der Waals surface area contributed by atoms with Gasteiger partial charge in [-0.3, -0.25) is 9.59 Å². The second-order valence-electron chi connectivity index (χ2n) is 14.2. The lowest BCUT2D eigenvalue weighted by molar-refractivity contribution is -0.214. The van der Waals surface area contributed by atoms with Crippen molar-refractivity contribution in [2.24, 2.45) is 11.3 Å². The summed E-state index contributed by atoms with van der Waals surface area (Å²) in [4.78, 5) is 30.0. The summed E-state index contributed by atoms with van der Waals surface area (Å²) < 4.78 is 25.2. The molecule has 0 saturated carbocycles. The Morgan fingerprint density at radius 1 is 1.13 bits per heavy atom. The number of nitrogens with zero attached hydrogens (tertiary/aromatic N) is 2. The van der Waals surface area contributed by atoms with Gasteiger partial charge >= 0.3 is 0 Å². The van der Waals surface area contributed by atoms with Crippen LogP contribution in [0.15, 0.2) is 72.8 Å².